The maximum atomic E-state index is 9.93. The lowest BCUT2D eigenvalue weighted by Crippen LogP contribution is -1.89. The zero-order valence-electron chi connectivity index (χ0n) is 12.4. The molecule has 0 saturated heterocycles. The van der Waals surface area contributed by atoms with E-state index >= 15 is 0 Å². The lowest BCUT2D eigenvalue weighted by molar-refractivity contribution is -0.110. The second-order valence-electron chi connectivity index (χ2n) is 4.22. The average molecular weight is 292 g/mol. The Morgan fingerprint density at radius 2 is 1.76 bits per heavy atom. The van der Waals surface area contributed by atoms with Gasteiger partial charge < -0.3 is 13.6 Å². The van der Waals surface area contributed by atoms with Crippen LogP contribution in [0.1, 0.15) is 47.1 Å². The van der Waals surface area contributed by atoms with Gasteiger partial charge in [0.25, 0.3) is 0 Å². The summed E-state index contributed by atoms with van der Waals surface area (Å²) in [4.78, 5) is 29.4. The molecule has 0 radical (unpaired) electrons. The Morgan fingerprint density at radius 1 is 1.10 bits per heavy atom. The largest absolute Gasteiger partial charge is 0.462 e. The van der Waals surface area contributed by atoms with Crippen LogP contribution >= 0.6 is 0 Å². The third-order valence-electron chi connectivity index (χ3n) is 2.41. The second kappa shape index (κ2) is 11.4. The van der Waals surface area contributed by atoms with Gasteiger partial charge in [0.2, 0.25) is 0 Å². The van der Waals surface area contributed by atoms with E-state index in [0.717, 1.165) is 18.5 Å². The SMILES string of the molecule is CCC(C)C=O.Cc1ccc(C=O)o1.O=Cc1ccco1. The molecule has 21 heavy (non-hydrogen) atoms. The molecule has 2 aromatic heterocycles. The van der Waals surface area contributed by atoms with E-state index in [1.165, 1.54) is 6.26 Å². The summed E-state index contributed by atoms with van der Waals surface area (Å²) >= 11 is 0. The number of aldehydes is 3. The number of carbonyl (C=O) groups is 3. The minimum atomic E-state index is 0.255. The van der Waals surface area contributed by atoms with Crippen LogP contribution in [0.5, 0.6) is 0 Å². The summed E-state index contributed by atoms with van der Waals surface area (Å²) in [7, 11) is 0. The molecule has 0 aliphatic heterocycles. The minimum absolute atomic E-state index is 0.255. The van der Waals surface area contributed by atoms with E-state index in [0.29, 0.717) is 24.1 Å². The van der Waals surface area contributed by atoms with Crippen molar-refractivity contribution in [1.82, 2.24) is 0 Å². The van der Waals surface area contributed by atoms with Gasteiger partial charge in [-0.1, -0.05) is 13.8 Å². The summed E-state index contributed by atoms with van der Waals surface area (Å²) < 4.78 is 9.48. The summed E-state index contributed by atoms with van der Waals surface area (Å²) in [6.07, 6.45) is 4.75. The highest BCUT2D eigenvalue weighted by Gasteiger charge is 1.91. The van der Waals surface area contributed by atoms with E-state index in [4.69, 9.17) is 4.42 Å². The van der Waals surface area contributed by atoms with Gasteiger partial charge >= 0.3 is 0 Å². The fourth-order valence-corrected chi connectivity index (χ4v) is 0.971. The van der Waals surface area contributed by atoms with E-state index in [2.05, 4.69) is 4.42 Å². The third-order valence-corrected chi connectivity index (χ3v) is 2.41. The number of carbonyl (C=O) groups excluding carboxylic acids is 3. The summed E-state index contributed by atoms with van der Waals surface area (Å²) in [5, 5.41) is 0. The molecule has 2 heterocycles. The molecular weight excluding hydrogens is 272 g/mol. The van der Waals surface area contributed by atoms with Crippen LogP contribution in [-0.4, -0.2) is 18.9 Å². The van der Waals surface area contributed by atoms with Crippen LogP contribution in [-0.2, 0) is 4.79 Å². The van der Waals surface area contributed by atoms with Gasteiger partial charge in [0.15, 0.2) is 24.1 Å². The van der Waals surface area contributed by atoms with Crippen molar-refractivity contribution in [2.24, 2.45) is 5.92 Å². The molecular formula is C16H20O5. The van der Waals surface area contributed by atoms with Crippen molar-refractivity contribution in [2.75, 3.05) is 0 Å². The van der Waals surface area contributed by atoms with Crippen LogP contribution in [0.25, 0.3) is 0 Å². The number of hydrogen-bond acceptors (Lipinski definition) is 5. The Balaban J connectivity index is 0.000000290. The fourth-order valence-electron chi connectivity index (χ4n) is 0.971. The fraction of sp³-hybridized carbons (Fsp3) is 0.312. The topological polar surface area (TPSA) is 77.5 Å². The molecule has 0 bridgehead atoms. The van der Waals surface area contributed by atoms with Gasteiger partial charge in [-0.2, -0.15) is 0 Å². The summed E-state index contributed by atoms with van der Waals surface area (Å²) in [6.45, 7) is 5.71. The second-order valence-corrected chi connectivity index (χ2v) is 4.22. The first kappa shape index (κ1) is 18.6. The van der Waals surface area contributed by atoms with Crippen LogP contribution in [0.3, 0.4) is 0 Å². The molecule has 5 nitrogen and oxygen atoms in total. The molecule has 0 spiro atoms. The van der Waals surface area contributed by atoms with Crippen molar-refractivity contribution >= 4 is 18.9 Å². The van der Waals surface area contributed by atoms with Gasteiger partial charge in [-0.05, 0) is 37.6 Å². The van der Waals surface area contributed by atoms with Crippen LogP contribution in [0.15, 0.2) is 39.4 Å². The molecule has 1 atom stereocenters. The quantitative estimate of drug-likeness (QED) is 0.802. The van der Waals surface area contributed by atoms with E-state index in [1.807, 2.05) is 13.8 Å². The third kappa shape index (κ3) is 9.15. The van der Waals surface area contributed by atoms with Crippen molar-refractivity contribution in [1.29, 1.82) is 0 Å². The molecule has 0 amide bonds. The zero-order valence-corrected chi connectivity index (χ0v) is 12.4. The Hall–Kier alpha value is -2.43. The van der Waals surface area contributed by atoms with Gasteiger partial charge in [0, 0.05) is 5.92 Å². The lowest BCUT2D eigenvalue weighted by atomic mass is 10.2. The maximum absolute atomic E-state index is 9.93. The standard InChI is InChI=1S/C6H6O2.C5H4O2.C5H10O/c1-5-2-3-6(4-7)8-5;6-4-5-2-1-3-7-5;1-3-5(2)4-6/h2-4H,1H3;1-4H;4-5H,3H2,1-2H3. The van der Waals surface area contributed by atoms with Crippen LogP contribution < -0.4 is 0 Å². The summed E-state index contributed by atoms with van der Waals surface area (Å²) in [5.41, 5.74) is 0. The molecule has 1 unspecified atom stereocenters. The van der Waals surface area contributed by atoms with Gasteiger partial charge in [-0.15, -0.1) is 0 Å². The number of hydrogen-bond donors (Lipinski definition) is 0. The van der Waals surface area contributed by atoms with Crippen molar-refractivity contribution in [3.8, 4) is 0 Å². The summed E-state index contributed by atoms with van der Waals surface area (Å²) in [5.74, 6) is 1.79. The van der Waals surface area contributed by atoms with Crippen molar-refractivity contribution in [2.45, 2.75) is 27.2 Å². The Kier molecular flexibility index (Phi) is 10.1. The lowest BCUT2D eigenvalue weighted by Gasteiger charge is -1.89. The minimum Gasteiger partial charge on any atom is -0.462 e. The van der Waals surface area contributed by atoms with Crippen LogP contribution in [0.2, 0.25) is 0 Å². The Morgan fingerprint density at radius 3 is 1.95 bits per heavy atom. The van der Waals surface area contributed by atoms with E-state index in [1.54, 1.807) is 31.2 Å². The normalized spacial score (nSPS) is 10.2. The molecule has 0 N–H and O–H groups in total. The monoisotopic (exact) mass is 292 g/mol. The highest BCUT2D eigenvalue weighted by molar-refractivity contribution is 5.70. The smallest absolute Gasteiger partial charge is 0.185 e. The Labute approximate surface area is 123 Å². The number of rotatable bonds is 4. The Bertz CT molecular complexity index is 511. The first-order valence-corrected chi connectivity index (χ1v) is 6.52. The maximum Gasteiger partial charge on any atom is 0.185 e. The highest BCUT2D eigenvalue weighted by Crippen LogP contribution is 2.01. The summed E-state index contributed by atoms with van der Waals surface area (Å²) in [6, 6.07) is 6.67. The molecule has 0 aliphatic carbocycles. The van der Waals surface area contributed by atoms with Gasteiger partial charge in [0.1, 0.15) is 12.0 Å². The predicted octanol–water partition coefficient (Wildman–Crippen LogP) is 3.72. The molecule has 0 aliphatic rings. The highest BCUT2D eigenvalue weighted by atomic mass is 16.3. The first-order chi connectivity index (χ1) is 10.1. The van der Waals surface area contributed by atoms with E-state index in [-0.39, 0.29) is 5.92 Å². The molecule has 2 rings (SSSR count). The molecule has 0 fully saturated rings. The van der Waals surface area contributed by atoms with Gasteiger partial charge in [-0.25, -0.2) is 0 Å². The average Bonchev–Trinajstić information content (AvgIpc) is 3.18. The van der Waals surface area contributed by atoms with E-state index in [9.17, 15) is 14.4 Å². The van der Waals surface area contributed by atoms with Crippen molar-refractivity contribution in [3.63, 3.8) is 0 Å². The molecule has 0 saturated carbocycles. The van der Waals surface area contributed by atoms with Gasteiger partial charge in [0.05, 0.1) is 6.26 Å². The molecule has 114 valence electrons. The number of furan rings is 2. The van der Waals surface area contributed by atoms with Gasteiger partial charge in [-0.3, -0.25) is 9.59 Å². The van der Waals surface area contributed by atoms with Crippen LogP contribution in [0.4, 0.5) is 0 Å². The predicted molar refractivity (Wildman–Crippen MR) is 78.4 cm³/mol. The van der Waals surface area contributed by atoms with Crippen molar-refractivity contribution < 1.29 is 23.2 Å². The van der Waals surface area contributed by atoms with E-state index < -0.39 is 0 Å². The molecule has 5 heteroatoms. The zero-order chi connectivity index (χ0) is 16.1. The molecule has 2 aromatic rings. The van der Waals surface area contributed by atoms with Crippen LogP contribution in [0, 0.1) is 12.8 Å². The molecule has 0 aromatic carbocycles. The first-order valence-electron chi connectivity index (χ1n) is 6.52. The number of aryl methyl sites for hydroxylation is 1. The van der Waals surface area contributed by atoms with Crippen molar-refractivity contribution in [3.05, 3.63) is 47.8 Å².